The third kappa shape index (κ3) is 4.87. The predicted molar refractivity (Wildman–Crippen MR) is 88.8 cm³/mol. The fourth-order valence-electron chi connectivity index (χ4n) is 3.22. The molecule has 2 heterocycles. The summed E-state index contributed by atoms with van der Waals surface area (Å²) in [5.74, 6) is -2.15. The molecule has 0 saturated heterocycles. The third-order valence-corrected chi connectivity index (χ3v) is 4.45. The number of anilines is 1. The first-order valence-electron chi connectivity index (χ1n) is 8.76. The van der Waals surface area contributed by atoms with Crippen LogP contribution in [0.4, 0.5) is 19.0 Å². The average Bonchev–Trinajstić information content (AvgIpc) is 3.33. The maximum absolute atomic E-state index is 12.8. The van der Waals surface area contributed by atoms with Crippen LogP contribution in [0.15, 0.2) is 18.6 Å². The Kier molecular flexibility index (Phi) is 5.66. The second kappa shape index (κ2) is 7.98. The number of amides is 1. The van der Waals surface area contributed by atoms with Gasteiger partial charge in [-0.05, 0) is 12.3 Å². The molecule has 2 aromatic rings. The Hall–Kier alpha value is -2.92. The Morgan fingerprint density at radius 3 is 2.64 bits per heavy atom. The molecule has 1 aliphatic rings. The van der Waals surface area contributed by atoms with E-state index in [1.165, 1.54) is 19.2 Å². The topological polar surface area (TPSA) is 104 Å². The van der Waals surface area contributed by atoms with Crippen LogP contribution in [0.2, 0.25) is 0 Å². The summed E-state index contributed by atoms with van der Waals surface area (Å²) in [6.45, 7) is 1.19. The number of hydrogen-bond acceptors (Lipinski definition) is 6. The van der Waals surface area contributed by atoms with E-state index in [9.17, 15) is 22.8 Å². The first kappa shape index (κ1) is 19.8. The Balaban J connectivity index is 1.77. The summed E-state index contributed by atoms with van der Waals surface area (Å²) in [6.07, 6.45) is 1.75. The molecule has 0 aromatic carbocycles. The molecule has 28 heavy (non-hydrogen) atoms. The molecule has 152 valence electrons. The van der Waals surface area contributed by atoms with E-state index in [0.29, 0.717) is 6.42 Å². The first-order chi connectivity index (χ1) is 13.2. The van der Waals surface area contributed by atoms with Crippen LogP contribution in [0.3, 0.4) is 0 Å². The molecular weight excluding hydrogens is 381 g/mol. The predicted octanol–water partition coefficient (Wildman–Crippen LogP) is 2.23. The van der Waals surface area contributed by atoms with E-state index in [2.05, 4.69) is 20.5 Å². The number of carbonyl (C=O) groups excluding carboxylic acids is 2. The molecule has 0 radical (unpaired) electrons. The van der Waals surface area contributed by atoms with Crippen LogP contribution in [0.25, 0.3) is 0 Å². The maximum atomic E-state index is 12.8. The molecule has 1 N–H and O–H groups in total. The number of nitrogens with zero attached hydrogens (tertiary/aromatic N) is 5. The molecule has 0 aliphatic heterocycles. The first-order valence-corrected chi connectivity index (χ1v) is 8.76. The Labute approximate surface area is 157 Å². The lowest BCUT2D eigenvalue weighted by Crippen LogP contribution is -2.29. The van der Waals surface area contributed by atoms with Gasteiger partial charge in [-0.25, -0.2) is 14.5 Å². The molecule has 12 heteroatoms. The lowest BCUT2D eigenvalue weighted by molar-refractivity contribution is -0.145. The molecular formula is C16H19F3N6O3. The minimum absolute atomic E-state index is 0.0961. The lowest BCUT2D eigenvalue weighted by atomic mass is 9.98. The highest BCUT2D eigenvalue weighted by atomic mass is 19.4. The summed E-state index contributed by atoms with van der Waals surface area (Å²) in [5.41, 5.74) is 0. The van der Waals surface area contributed by atoms with Crippen molar-refractivity contribution in [3.05, 3.63) is 24.4 Å². The summed E-state index contributed by atoms with van der Waals surface area (Å²) in [6, 6.07) is 0.432. The van der Waals surface area contributed by atoms with Gasteiger partial charge in [-0.2, -0.15) is 13.2 Å². The second-order valence-corrected chi connectivity index (χ2v) is 6.62. The smallest absolute Gasteiger partial charge is 0.320 e. The highest BCUT2D eigenvalue weighted by Gasteiger charge is 2.37. The van der Waals surface area contributed by atoms with E-state index >= 15 is 0 Å². The van der Waals surface area contributed by atoms with Crippen molar-refractivity contribution < 1.29 is 27.6 Å². The van der Waals surface area contributed by atoms with E-state index in [0.717, 1.165) is 41.5 Å². The zero-order valence-electron chi connectivity index (χ0n) is 15.0. The number of hydrogen-bond donors (Lipinski definition) is 1. The van der Waals surface area contributed by atoms with Gasteiger partial charge in [0.2, 0.25) is 0 Å². The van der Waals surface area contributed by atoms with Gasteiger partial charge in [0.1, 0.15) is 12.4 Å². The SMILES string of the molecule is CC(=O)On1ccc(NC(=O)[C@H](CC2CCCC2)n2cnc(C(F)(F)F)n2)n1. The Morgan fingerprint density at radius 2 is 2.04 bits per heavy atom. The van der Waals surface area contributed by atoms with Crippen LogP contribution in [-0.4, -0.2) is 36.6 Å². The fraction of sp³-hybridized carbons (Fsp3) is 0.562. The Bertz CT molecular complexity index is 841. The van der Waals surface area contributed by atoms with Gasteiger partial charge in [0, 0.05) is 13.0 Å². The molecule has 0 spiro atoms. The average molecular weight is 400 g/mol. The van der Waals surface area contributed by atoms with E-state index in [4.69, 9.17) is 4.84 Å². The van der Waals surface area contributed by atoms with Crippen LogP contribution in [0, 0.1) is 5.92 Å². The molecule has 3 rings (SSSR count). The van der Waals surface area contributed by atoms with Crippen LogP contribution in [0.5, 0.6) is 0 Å². The van der Waals surface area contributed by atoms with Gasteiger partial charge in [-0.1, -0.05) is 30.5 Å². The number of halogens is 3. The number of nitrogens with one attached hydrogen (secondary N) is 1. The normalized spacial score (nSPS) is 16.1. The van der Waals surface area contributed by atoms with Crippen molar-refractivity contribution in [2.75, 3.05) is 5.32 Å². The largest absolute Gasteiger partial charge is 0.453 e. The van der Waals surface area contributed by atoms with Crippen LogP contribution in [0.1, 0.15) is 50.9 Å². The standard InChI is InChI=1S/C16H19F3N6O3/c1-10(26)28-25-7-6-13(22-25)21-14(27)12(8-11-4-2-3-5-11)24-9-20-15(23-24)16(17,18)19/h6-7,9,11-12H,2-5,8H2,1H3,(H,21,22,27)/t12-/m0/s1. The van der Waals surface area contributed by atoms with Crippen molar-refractivity contribution in [2.45, 2.75) is 51.2 Å². The van der Waals surface area contributed by atoms with E-state index in [-0.39, 0.29) is 11.7 Å². The van der Waals surface area contributed by atoms with E-state index in [1.54, 1.807) is 0 Å². The highest BCUT2D eigenvalue weighted by Crippen LogP contribution is 2.33. The van der Waals surface area contributed by atoms with Crippen molar-refractivity contribution >= 4 is 17.7 Å². The number of rotatable bonds is 6. The molecule has 1 amide bonds. The van der Waals surface area contributed by atoms with Crippen molar-refractivity contribution in [3.63, 3.8) is 0 Å². The monoisotopic (exact) mass is 400 g/mol. The molecule has 1 aliphatic carbocycles. The quantitative estimate of drug-likeness (QED) is 0.798. The van der Waals surface area contributed by atoms with E-state index in [1.807, 2.05) is 0 Å². The fourth-order valence-corrected chi connectivity index (χ4v) is 3.22. The van der Waals surface area contributed by atoms with Gasteiger partial charge >= 0.3 is 12.1 Å². The molecule has 0 bridgehead atoms. The molecule has 1 saturated carbocycles. The second-order valence-electron chi connectivity index (χ2n) is 6.62. The maximum Gasteiger partial charge on any atom is 0.453 e. The van der Waals surface area contributed by atoms with Gasteiger partial charge in [-0.3, -0.25) is 4.79 Å². The number of carbonyl (C=O) groups is 2. The number of aromatic nitrogens is 5. The van der Waals surface area contributed by atoms with Gasteiger partial charge in [0.25, 0.3) is 11.7 Å². The van der Waals surface area contributed by atoms with Crippen molar-refractivity contribution in [3.8, 4) is 0 Å². The summed E-state index contributed by atoms with van der Waals surface area (Å²) in [5, 5.41) is 9.84. The van der Waals surface area contributed by atoms with Gasteiger partial charge in [-0.15, -0.1) is 10.2 Å². The lowest BCUT2D eigenvalue weighted by Gasteiger charge is -2.19. The van der Waals surface area contributed by atoms with Gasteiger partial charge in [0.05, 0.1) is 6.20 Å². The van der Waals surface area contributed by atoms with Crippen molar-refractivity contribution in [2.24, 2.45) is 5.92 Å². The highest BCUT2D eigenvalue weighted by molar-refractivity contribution is 5.92. The number of alkyl halides is 3. The summed E-state index contributed by atoms with van der Waals surface area (Å²) < 4.78 is 39.4. The summed E-state index contributed by atoms with van der Waals surface area (Å²) in [4.78, 5) is 32.6. The zero-order chi connectivity index (χ0) is 20.3. The molecule has 1 atom stereocenters. The molecule has 1 fully saturated rings. The molecule has 0 unspecified atom stereocenters. The van der Waals surface area contributed by atoms with Crippen LogP contribution >= 0.6 is 0 Å². The van der Waals surface area contributed by atoms with E-state index < -0.39 is 29.9 Å². The van der Waals surface area contributed by atoms with Crippen molar-refractivity contribution in [1.29, 1.82) is 0 Å². The molecule has 9 nitrogen and oxygen atoms in total. The summed E-state index contributed by atoms with van der Waals surface area (Å²) in [7, 11) is 0. The minimum Gasteiger partial charge on any atom is -0.320 e. The third-order valence-electron chi connectivity index (χ3n) is 4.45. The van der Waals surface area contributed by atoms with Crippen LogP contribution in [-0.2, 0) is 15.8 Å². The van der Waals surface area contributed by atoms with Gasteiger partial charge in [0.15, 0.2) is 5.82 Å². The van der Waals surface area contributed by atoms with Gasteiger partial charge < -0.3 is 10.2 Å². The minimum atomic E-state index is -4.69. The van der Waals surface area contributed by atoms with Crippen molar-refractivity contribution in [1.82, 2.24) is 24.7 Å². The van der Waals surface area contributed by atoms with Crippen LogP contribution < -0.4 is 10.2 Å². The Morgan fingerprint density at radius 1 is 1.32 bits per heavy atom. The zero-order valence-corrected chi connectivity index (χ0v) is 15.0. The summed E-state index contributed by atoms with van der Waals surface area (Å²) >= 11 is 0. The molecule has 2 aromatic heterocycles.